The van der Waals surface area contributed by atoms with Crippen LogP contribution in [0.3, 0.4) is 0 Å². The minimum absolute atomic E-state index is 0.343. The van der Waals surface area contributed by atoms with Crippen molar-refractivity contribution in [3.8, 4) is 0 Å². The van der Waals surface area contributed by atoms with E-state index in [0.717, 1.165) is 32.8 Å². The molecule has 0 aromatic carbocycles. The van der Waals surface area contributed by atoms with E-state index in [0.29, 0.717) is 24.7 Å². The lowest BCUT2D eigenvalue weighted by atomic mass is 10.0. The summed E-state index contributed by atoms with van der Waals surface area (Å²) >= 11 is 0. The maximum Gasteiger partial charge on any atom is 0.0743 e. The van der Waals surface area contributed by atoms with Crippen LogP contribution in [-0.4, -0.2) is 56.0 Å². The standard InChI is InChI=1S/C11H22N2O2/c1-9-8-14-6-4-13(9)10(7-12)11-3-2-5-15-11/h9-11H,2-8,12H2,1H3. The summed E-state index contributed by atoms with van der Waals surface area (Å²) in [5.41, 5.74) is 5.88. The van der Waals surface area contributed by atoms with E-state index >= 15 is 0 Å². The first-order chi connectivity index (χ1) is 7.33. The van der Waals surface area contributed by atoms with Gasteiger partial charge in [0.1, 0.15) is 0 Å². The molecule has 0 aromatic rings. The highest BCUT2D eigenvalue weighted by molar-refractivity contribution is 4.87. The largest absolute Gasteiger partial charge is 0.379 e. The van der Waals surface area contributed by atoms with Crippen LogP contribution < -0.4 is 5.73 Å². The van der Waals surface area contributed by atoms with E-state index in [1.54, 1.807) is 0 Å². The molecule has 0 saturated carbocycles. The number of hydrogen-bond acceptors (Lipinski definition) is 4. The lowest BCUT2D eigenvalue weighted by Gasteiger charge is -2.41. The third-order valence-electron chi connectivity index (χ3n) is 3.48. The number of hydrogen-bond donors (Lipinski definition) is 1. The predicted molar refractivity (Wildman–Crippen MR) is 58.8 cm³/mol. The Hall–Kier alpha value is -0.160. The smallest absolute Gasteiger partial charge is 0.0743 e. The molecule has 0 aliphatic carbocycles. The fourth-order valence-corrected chi connectivity index (χ4v) is 2.64. The molecule has 4 nitrogen and oxygen atoms in total. The Kier molecular flexibility index (Phi) is 3.97. The third kappa shape index (κ3) is 2.50. The summed E-state index contributed by atoms with van der Waals surface area (Å²) < 4.78 is 11.2. The van der Waals surface area contributed by atoms with Gasteiger partial charge in [-0.1, -0.05) is 0 Å². The van der Waals surface area contributed by atoms with Crippen LogP contribution in [0.5, 0.6) is 0 Å². The van der Waals surface area contributed by atoms with Gasteiger partial charge in [0.15, 0.2) is 0 Å². The molecule has 2 fully saturated rings. The van der Waals surface area contributed by atoms with Gasteiger partial charge >= 0.3 is 0 Å². The highest BCUT2D eigenvalue weighted by Gasteiger charge is 2.33. The Bertz CT molecular complexity index is 195. The van der Waals surface area contributed by atoms with Crippen molar-refractivity contribution in [2.24, 2.45) is 5.73 Å². The SMILES string of the molecule is CC1COCCN1C(CN)C1CCCO1. The van der Waals surface area contributed by atoms with Crippen molar-refractivity contribution in [1.82, 2.24) is 4.90 Å². The second kappa shape index (κ2) is 5.25. The molecule has 2 heterocycles. The number of nitrogens with two attached hydrogens (primary N) is 1. The van der Waals surface area contributed by atoms with E-state index in [1.807, 2.05) is 0 Å². The molecule has 2 aliphatic rings. The van der Waals surface area contributed by atoms with Gasteiger partial charge in [0.2, 0.25) is 0 Å². The van der Waals surface area contributed by atoms with E-state index in [2.05, 4.69) is 11.8 Å². The fourth-order valence-electron chi connectivity index (χ4n) is 2.64. The molecule has 2 aliphatic heterocycles. The zero-order valence-electron chi connectivity index (χ0n) is 9.52. The Balaban J connectivity index is 1.97. The maximum atomic E-state index is 5.88. The summed E-state index contributed by atoms with van der Waals surface area (Å²) in [6, 6.07) is 0.850. The molecule has 4 heteroatoms. The third-order valence-corrected chi connectivity index (χ3v) is 3.48. The van der Waals surface area contributed by atoms with Gasteiger partial charge in [0.05, 0.1) is 19.3 Å². The van der Waals surface area contributed by atoms with Gasteiger partial charge in [-0.25, -0.2) is 0 Å². The first kappa shape index (κ1) is 11.3. The molecule has 0 amide bonds. The first-order valence-electron chi connectivity index (χ1n) is 5.98. The van der Waals surface area contributed by atoms with E-state index < -0.39 is 0 Å². The molecule has 0 aromatic heterocycles. The number of nitrogens with zero attached hydrogens (tertiary/aromatic N) is 1. The van der Waals surface area contributed by atoms with Crippen molar-refractivity contribution in [1.29, 1.82) is 0 Å². The fraction of sp³-hybridized carbons (Fsp3) is 1.00. The van der Waals surface area contributed by atoms with E-state index in [4.69, 9.17) is 15.2 Å². The van der Waals surface area contributed by atoms with Gasteiger partial charge in [-0.3, -0.25) is 4.90 Å². The lowest BCUT2D eigenvalue weighted by molar-refractivity contribution is -0.0559. The molecule has 2 N–H and O–H groups in total. The zero-order chi connectivity index (χ0) is 10.7. The summed E-state index contributed by atoms with van der Waals surface area (Å²) in [6.45, 7) is 6.44. The molecule has 2 rings (SSSR count). The Morgan fingerprint density at radius 2 is 2.33 bits per heavy atom. The summed E-state index contributed by atoms with van der Waals surface area (Å²) in [4.78, 5) is 2.46. The van der Waals surface area contributed by atoms with Crippen LogP contribution in [0.4, 0.5) is 0 Å². The second-order valence-corrected chi connectivity index (χ2v) is 4.52. The van der Waals surface area contributed by atoms with Crippen LogP contribution in [0.25, 0.3) is 0 Å². The average Bonchev–Trinajstić information content (AvgIpc) is 2.75. The predicted octanol–water partition coefficient (Wildman–Crippen LogP) is 0.213. The van der Waals surface area contributed by atoms with Crippen molar-refractivity contribution < 1.29 is 9.47 Å². The van der Waals surface area contributed by atoms with Gasteiger partial charge in [-0.05, 0) is 19.8 Å². The molecule has 0 spiro atoms. The second-order valence-electron chi connectivity index (χ2n) is 4.52. The molecular formula is C11H22N2O2. The minimum atomic E-state index is 0.343. The molecule has 3 unspecified atom stereocenters. The van der Waals surface area contributed by atoms with E-state index in [9.17, 15) is 0 Å². The first-order valence-corrected chi connectivity index (χ1v) is 5.98. The monoisotopic (exact) mass is 214 g/mol. The molecular weight excluding hydrogens is 192 g/mol. The van der Waals surface area contributed by atoms with Crippen LogP contribution in [0, 0.1) is 0 Å². The van der Waals surface area contributed by atoms with Gasteiger partial charge in [0.25, 0.3) is 0 Å². The molecule has 3 atom stereocenters. The van der Waals surface area contributed by atoms with Gasteiger partial charge in [-0.15, -0.1) is 0 Å². The van der Waals surface area contributed by atoms with Crippen molar-refractivity contribution >= 4 is 0 Å². The summed E-state index contributed by atoms with van der Waals surface area (Å²) in [6.07, 6.45) is 2.68. The number of rotatable bonds is 3. The van der Waals surface area contributed by atoms with Crippen molar-refractivity contribution in [2.75, 3.05) is 32.9 Å². The van der Waals surface area contributed by atoms with E-state index in [-0.39, 0.29) is 0 Å². The maximum absolute atomic E-state index is 5.88. The summed E-state index contributed by atoms with van der Waals surface area (Å²) in [5.74, 6) is 0. The normalized spacial score (nSPS) is 35.6. The Morgan fingerprint density at radius 3 is 2.93 bits per heavy atom. The summed E-state index contributed by atoms with van der Waals surface area (Å²) in [7, 11) is 0. The molecule has 0 bridgehead atoms. The van der Waals surface area contributed by atoms with E-state index in [1.165, 1.54) is 6.42 Å². The number of morpholine rings is 1. The highest BCUT2D eigenvalue weighted by Crippen LogP contribution is 2.22. The molecule has 15 heavy (non-hydrogen) atoms. The average molecular weight is 214 g/mol. The van der Waals surface area contributed by atoms with Crippen LogP contribution >= 0.6 is 0 Å². The Morgan fingerprint density at radius 1 is 1.47 bits per heavy atom. The van der Waals surface area contributed by atoms with Gasteiger partial charge in [-0.2, -0.15) is 0 Å². The minimum Gasteiger partial charge on any atom is -0.379 e. The topological polar surface area (TPSA) is 47.7 Å². The summed E-state index contributed by atoms with van der Waals surface area (Å²) in [5, 5.41) is 0. The molecule has 2 saturated heterocycles. The lowest BCUT2D eigenvalue weighted by Crippen LogP contribution is -2.56. The quantitative estimate of drug-likeness (QED) is 0.730. The van der Waals surface area contributed by atoms with Crippen LogP contribution in [0.2, 0.25) is 0 Å². The van der Waals surface area contributed by atoms with Crippen LogP contribution in [0.15, 0.2) is 0 Å². The van der Waals surface area contributed by atoms with Crippen molar-refractivity contribution in [3.63, 3.8) is 0 Å². The molecule has 88 valence electrons. The van der Waals surface area contributed by atoms with Crippen LogP contribution in [0.1, 0.15) is 19.8 Å². The van der Waals surface area contributed by atoms with Gasteiger partial charge < -0.3 is 15.2 Å². The zero-order valence-corrected chi connectivity index (χ0v) is 9.52. The van der Waals surface area contributed by atoms with Crippen molar-refractivity contribution in [2.45, 2.75) is 38.0 Å². The van der Waals surface area contributed by atoms with Gasteiger partial charge in [0, 0.05) is 31.8 Å². The van der Waals surface area contributed by atoms with Crippen molar-refractivity contribution in [3.05, 3.63) is 0 Å². The Labute approximate surface area is 91.7 Å². The molecule has 0 radical (unpaired) electrons. The van der Waals surface area contributed by atoms with Crippen LogP contribution in [-0.2, 0) is 9.47 Å². The highest BCUT2D eigenvalue weighted by atomic mass is 16.5. The number of ether oxygens (including phenoxy) is 2.